The van der Waals surface area contributed by atoms with E-state index in [1.54, 1.807) is 20.5 Å². The average Bonchev–Trinajstić information content (AvgIpc) is 3.31. The lowest BCUT2D eigenvalue weighted by Crippen LogP contribution is -2.01. The number of nitrogens with one attached hydrogen (secondary N) is 1. The number of nitrogens with zero attached hydrogens (tertiary/aromatic N) is 5. The van der Waals surface area contributed by atoms with Crippen molar-refractivity contribution in [1.29, 1.82) is 0 Å². The van der Waals surface area contributed by atoms with Crippen LogP contribution >= 0.6 is 11.6 Å². The molecule has 0 atom stereocenters. The Morgan fingerprint density at radius 3 is 2.60 bits per heavy atom. The minimum absolute atomic E-state index is 0.0279. The molecule has 2 aromatic carbocycles. The molecule has 2 aromatic heterocycles. The Kier molecular flexibility index (Phi) is 5.13. The standard InChI is InChI=1S/C20H17ClF2N6O/c1-11-9-29(10-24-11)17-5-4-12(6-18(17)30-3)19-26-20(28(2)27-19)25-16-8-15(23)14(22)7-13(16)21/h4-10H,1-3H3,(H,25,26,27). The van der Waals surface area contributed by atoms with E-state index in [4.69, 9.17) is 16.3 Å². The number of aryl methyl sites for hydroxylation is 2. The van der Waals surface area contributed by atoms with Gasteiger partial charge in [-0.2, -0.15) is 4.98 Å². The summed E-state index contributed by atoms with van der Waals surface area (Å²) in [5, 5.41) is 7.29. The third-order valence-electron chi connectivity index (χ3n) is 4.45. The molecule has 0 bridgehead atoms. The third kappa shape index (κ3) is 3.71. The lowest BCUT2D eigenvalue weighted by atomic mass is 10.1. The van der Waals surface area contributed by atoms with Gasteiger partial charge in [-0.3, -0.25) is 0 Å². The van der Waals surface area contributed by atoms with Crippen molar-refractivity contribution in [2.24, 2.45) is 7.05 Å². The lowest BCUT2D eigenvalue weighted by Gasteiger charge is -2.10. The SMILES string of the molecule is COc1cc(-c2nc(Nc3cc(F)c(F)cc3Cl)n(C)n2)ccc1-n1cnc(C)c1. The van der Waals surface area contributed by atoms with Crippen molar-refractivity contribution in [3.05, 3.63) is 65.2 Å². The first-order valence-electron chi connectivity index (χ1n) is 8.87. The first-order chi connectivity index (χ1) is 14.4. The zero-order chi connectivity index (χ0) is 21.4. The molecule has 154 valence electrons. The number of hydrogen-bond donors (Lipinski definition) is 1. The van der Waals surface area contributed by atoms with Gasteiger partial charge >= 0.3 is 0 Å². The Morgan fingerprint density at radius 1 is 1.13 bits per heavy atom. The van der Waals surface area contributed by atoms with Crippen molar-refractivity contribution in [2.45, 2.75) is 6.92 Å². The van der Waals surface area contributed by atoms with E-state index in [9.17, 15) is 8.78 Å². The molecule has 4 aromatic rings. The van der Waals surface area contributed by atoms with Crippen LogP contribution in [0, 0.1) is 18.6 Å². The molecule has 7 nitrogen and oxygen atoms in total. The highest BCUT2D eigenvalue weighted by molar-refractivity contribution is 6.33. The highest BCUT2D eigenvalue weighted by Gasteiger charge is 2.15. The fourth-order valence-electron chi connectivity index (χ4n) is 2.94. The Morgan fingerprint density at radius 2 is 1.90 bits per heavy atom. The van der Waals surface area contributed by atoms with Crippen LogP contribution in [-0.4, -0.2) is 31.4 Å². The van der Waals surface area contributed by atoms with Crippen LogP contribution in [-0.2, 0) is 7.05 Å². The molecule has 2 heterocycles. The predicted octanol–water partition coefficient (Wildman–Crippen LogP) is 4.66. The van der Waals surface area contributed by atoms with E-state index in [0.717, 1.165) is 23.5 Å². The van der Waals surface area contributed by atoms with E-state index in [-0.39, 0.29) is 10.7 Å². The average molecular weight is 431 g/mol. The highest BCUT2D eigenvalue weighted by atomic mass is 35.5. The smallest absolute Gasteiger partial charge is 0.225 e. The summed E-state index contributed by atoms with van der Waals surface area (Å²) in [5.74, 6) is -0.684. The molecule has 10 heteroatoms. The fraction of sp³-hybridized carbons (Fsp3) is 0.150. The summed E-state index contributed by atoms with van der Waals surface area (Å²) in [5.41, 5.74) is 2.61. The summed E-state index contributed by atoms with van der Waals surface area (Å²) in [4.78, 5) is 8.67. The fourth-order valence-corrected chi connectivity index (χ4v) is 3.14. The van der Waals surface area contributed by atoms with Crippen molar-refractivity contribution in [3.63, 3.8) is 0 Å². The van der Waals surface area contributed by atoms with Gasteiger partial charge in [-0.1, -0.05) is 11.6 Å². The number of hydrogen-bond acceptors (Lipinski definition) is 5. The van der Waals surface area contributed by atoms with Gasteiger partial charge in [0.05, 0.1) is 35.5 Å². The van der Waals surface area contributed by atoms with Gasteiger partial charge in [-0.25, -0.2) is 18.4 Å². The molecule has 0 aliphatic heterocycles. The lowest BCUT2D eigenvalue weighted by molar-refractivity contribution is 0.413. The minimum Gasteiger partial charge on any atom is -0.495 e. The molecule has 0 spiro atoms. The van der Waals surface area contributed by atoms with E-state index in [0.29, 0.717) is 23.1 Å². The summed E-state index contributed by atoms with van der Waals surface area (Å²) in [6.45, 7) is 1.91. The van der Waals surface area contributed by atoms with E-state index in [2.05, 4.69) is 20.4 Å². The van der Waals surface area contributed by atoms with Gasteiger partial charge in [0, 0.05) is 24.9 Å². The van der Waals surface area contributed by atoms with Crippen LogP contribution in [0.15, 0.2) is 42.9 Å². The number of halogens is 3. The molecule has 0 saturated heterocycles. The molecule has 0 unspecified atom stereocenters. The summed E-state index contributed by atoms with van der Waals surface area (Å²) in [6.07, 6.45) is 3.60. The van der Waals surface area contributed by atoms with Crippen LogP contribution in [0.1, 0.15) is 5.69 Å². The molecule has 0 fully saturated rings. The molecule has 0 aliphatic rings. The maximum atomic E-state index is 13.6. The van der Waals surface area contributed by atoms with Crippen LogP contribution in [0.5, 0.6) is 5.75 Å². The Bertz CT molecular complexity index is 1240. The third-order valence-corrected chi connectivity index (χ3v) is 4.76. The van der Waals surface area contributed by atoms with Crippen LogP contribution in [0.4, 0.5) is 20.4 Å². The molecular formula is C20H17ClF2N6O. The quantitative estimate of drug-likeness (QED) is 0.466. The van der Waals surface area contributed by atoms with E-state index in [1.807, 2.05) is 35.9 Å². The van der Waals surface area contributed by atoms with Gasteiger partial charge in [0.1, 0.15) is 5.75 Å². The van der Waals surface area contributed by atoms with Crippen molar-refractivity contribution in [1.82, 2.24) is 24.3 Å². The summed E-state index contributed by atoms with van der Waals surface area (Å²) >= 11 is 5.99. The van der Waals surface area contributed by atoms with Crippen LogP contribution < -0.4 is 10.1 Å². The zero-order valence-corrected chi connectivity index (χ0v) is 17.1. The number of methoxy groups -OCH3 is 1. The van der Waals surface area contributed by atoms with Gasteiger partial charge in [0.2, 0.25) is 5.95 Å². The summed E-state index contributed by atoms with van der Waals surface area (Å²) in [7, 11) is 3.25. The zero-order valence-electron chi connectivity index (χ0n) is 16.3. The number of anilines is 2. The maximum Gasteiger partial charge on any atom is 0.225 e. The minimum atomic E-state index is -1.02. The van der Waals surface area contributed by atoms with Crippen LogP contribution in [0.2, 0.25) is 5.02 Å². The van der Waals surface area contributed by atoms with E-state index in [1.165, 1.54) is 4.68 Å². The molecular weight excluding hydrogens is 414 g/mol. The van der Waals surface area contributed by atoms with Crippen molar-refractivity contribution in [2.75, 3.05) is 12.4 Å². The molecule has 1 N–H and O–H groups in total. The number of rotatable bonds is 5. The summed E-state index contributed by atoms with van der Waals surface area (Å²) < 4.78 is 35.7. The van der Waals surface area contributed by atoms with Crippen molar-refractivity contribution >= 4 is 23.2 Å². The normalized spacial score (nSPS) is 11.0. The van der Waals surface area contributed by atoms with Crippen molar-refractivity contribution < 1.29 is 13.5 Å². The second-order valence-electron chi connectivity index (χ2n) is 6.56. The van der Waals surface area contributed by atoms with Crippen LogP contribution in [0.3, 0.4) is 0 Å². The number of aromatic nitrogens is 5. The molecule has 0 radical (unpaired) electrons. The van der Waals surface area contributed by atoms with E-state index < -0.39 is 11.6 Å². The number of benzene rings is 2. The Labute approximate surface area is 175 Å². The topological polar surface area (TPSA) is 69.8 Å². The van der Waals surface area contributed by atoms with Gasteiger partial charge in [0.25, 0.3) is 0 Å². The predicted molar refractivity (Wildman–Crippen MR) is 110 cm³/mol. The molecule has 30 heavy (non-hydrogen) atoms. The molecule has 0 aliphatic carbocycles. The van der Waals surface area contributed by atoms with E-state index >= 15 is 0 Å². The van der Waals surface area contributed by atoms with Crippen molar-refractivity contribution in [3.8, 4) is 22.8 Å². The Hall–Kier alpha value is -3.46. The largest absolute Gasteiger partial charge is 0.495 e. The van der Waals surface area contributed by atoms with Gasteiger partial charge in [0.15, 0.2) is 17.5 Å². The second-order valence-corrected chi connectivity index (χ2v) is 6.97. The Balaban J connectivity index is 1.67. The summed E-state index contributed by atoms with van der Waals surface area (Å²) in [6, 6.07) is 7.42. The number of ether oxygens (including phenoxy) is 1. The maximum absolute atomic E-state index is 13.6. The first-order valence-corrected chi connectivity index (χ1v) is 9.25. The van der Waals surface area contributed by atoms with Gasteiger partial charge < -0.3 is 14.6 Å². The van der Waals surface area contributed by atoms with Gasteiger partial charge in [-0.05, 0) is 31.2 Å². The van der Waals surface area contributed by atoms with Crippen LogP contribution in [0.25, 0.3) is 17.1 Å². The highest BCUT2D eigenvalue weighted by Crippen LogP contribution is 2.31. The first kappa shape index (κ1) is 19.8. The molecule has 0 saturated carbocycles. The van der Waals surface area contributed by atoms with Gasteiger partial charge in [-0.15, -0.1) is 5.10 Å². The molecule has 0 amide bonds. The molecule has 4 rings (SSSR count). The monoisotopic (exact) mass is 430 g/mol. The number of imidazole rings is 1. The second kappa shape index (κ2) is 7.75.